The zero-order chi connectivity index (χ0) is 20.4. The number of aryl methyl sites for hydroxylation is 1. The van der Waals surface area contributed by atoms with Crippen LogP contribution < -0.4 is 5.32 Å². The van der Waals surface area contributed by atoms with Crippen LogP contribution in [0.5, 0.6) is 0 Å². The fraction of sp³-hybridized carbons (Fsp3) is 0.227. The van der Waals surface area contributed by atoms with Crippen LogP contribution in [0, 0.1) is 12.7 Å². The molecule has 1 atom stereocenters. The van der Waals surface area contributed by atoms with E-state index in [0.717, 1.165) is 34.3 Å². The summed E-state index contributed by atoms with van der Waals surface area (Å²) >= 11 is 0. The van der Waals surface area contributed by atoms with Gasteiger partial charge >= 0.3 is 0 Å². The number of carbonyl (C=O) groups is 1. The number of pyridine rings is 3. The number of hydrogen-bond donors (Lipinski definition) is 1. The molecule has 0 fully saturated rings. The number of hydrogen-bond acceptors (Lipinski definition) is 5. The lowest BCUT2D eigenvalue weighted by molar-refractivity contribution is -0.121. The van der Waals surface area contributed by atoms with Crippen LogP contribution in [0.4, 0.5) is 4.39 Å². The maximum absolute atomic E-state index is 13.0. The standard InChI is InChI=1S/C22H20FN5O/c1-13-7-15(5-6-24-13)22-19-12-25-18(8-16(19)10-27-22)9-21(29)28-14(2)20-4-3-17(23)11-26-20/h3-8,11-12,14H,9-10H2,1-2H3,(H,28,29). The van der Waals surface area contributed by atoms with Gasteiger partial charge in [0.1, 0.15) is 5.82 Å². The smallest absolute Gasteiger partial charge is 0.226 e. The SMILES string of the molecule is Cc1cc(C2=NCc3cc(CC(=O)NC(C)c4ccc(F)cn4)ncc32)ccn1. The van der Waals surface area contributed by atoms with E-state index in [2.05, 4.69) is 25.3 Å². The number of amides is 1. The van der Waals surface area contributed by atoms with Crippen molar-refractivity contribution in [1.29, 1.82) is 0 Å². The van der Waals surface area contributed by atoms with E-state index in [0.29, 0.717) is 17.9 Å². The minimum Gasteiger partial charge on any atom is -0.348 e. The molecule has 1 aliphatic rings. The van der Waals surface area contributed by atoms with Gasteiger partial charge in [-0.2, -0.15) is 0 Å². The van der Waals surface area contributed by atoms with Crippen LogP contribution in [0.3, 0.4) is 0 Å². The fourth-order valence-corrected chi connectivity index (χ4v) is 3.35. The number of nitrogens with zero attached hydrogens (tertiary/aromatic N) is 4. The van der Waals surface area contributed by atoms with Gasteiger partial charge in [-0.15, -0.1) is 0 Å². The second-order valence-corrected chi connectivity index (χ2v) is 7.05. The van der Waals surface area contributed by atoms with Gasteiger partial charge in [-0.1, -0.05) is 0 Å². The predicted molar refractivity (Wildman–Crippen MR) is 107 cm³/mol. The molecule has 3 aromatic rings. The minimum atomic E-state index is -0.405. The maximum atomic E-state index is 13.0. The van der Waals surface area contributed by atoms with Crippen molar-refractivity contribution in [3.63, 3.8) is 0 Å². The number of nitrogens with one attached hydrogen (secondary N) is 1. The van der Waals surface area contributed by atoms with E-state index in [1.54, 1.807) is 18.5 Å². The van der Waals surface area contributed by atoms with Gasteiger partial charge in [-0.3, -0.25) is 24.7 Å². The number of carbonyl (C=O) groups excluding carboxylic acids is 1. The molecule has 0 saturated heterocycles. The summed E-state index contributed by atoms with van der Waals surface area (Å²) in [6.45, 7) is 4.33. The molecule has 0 saturated carbocycles. The molecule has 0 aromatic carbocycles. The van der Waals surface area contributed by atoms with E-state index in [-0.39, 0.29) is 18.4 Å². The Bertz CT molecular complexity index is 1090. The summed E-state index contributed by atoms with van der Waals surface area (Å²) in [5.41, 5.74) is 6.19. The van der Waals surface area contributed by atoms with Gasteiger partial charge in [-0.05, 0) is 49.7 Å². The maximum Gasteiger partial charge on any atom is 0.226 e. The van der Waals surface area contributed by atoms with Crippen molar-refractivity contribution >= 4 is 11.6 Å². The van der Waals surface area contributed by atoms with E-state index in [1.807, 2.05) is 32.0 Å². The third-order valence-corrected chi connectivity index (χ3v) is 4.79. The lowest BCUT2D eigenvalue weighted by Crippen LogP contribution is -2.29. The lowest BCUT2D eigenvalue weighted by atomic mass is 10.0. The Kier molecular flexibility index (Phi) is 5.12. The quantitative estimate of drug-likeness (QED) is 0.727. The van der Waals surface area contributed by atoms with Crippen LogP contribution in [0.15, 0.2) is 53.9 Å². The van der Waals surface area contributed by atoms with Crippen LogP contribution in [-0.2, 0) is 17.8 Å². The Hall–Kier alpha value is -3.48. The number of aliphatic imine (C=N–C) groups is 1. The summed E-state index contributed by atoms with van der Waals surface area (Å²) in [5, 5.41) is 2.87. The molecule has 1 amide bonds. The molecule has 0 spiro atoms. The Morgan fingerprint density at radius 2 is 2.03 bits per heavy atom. The fourth-order valence-electron chi connectivity index (χ4n) is 3.35. The molecular formula is C22H20FN5O. The van der Waals surface area contributed by atoms with Gasteiger partial charge < -0.3 is 5.32 Å². The van der Waals surface area contributed by atoms with Gasteiger partial charge in [0.05, 0.1) is 42.3 Å². The first-order valence-electron chi connectivity index (χ1n) is 9.36. The molecule has 0 radical (unpaired) electrons. The Labute approximate surface area is 168 Å². The van der Waals surface area contributed by atoms with Gasteiger partial charge in [0.2, 0.25) is 5.91 Å². The largest absolute Gasteiger partial charge is 0.348 e. The molecule has 4 heterocycles. The first-order chi connectivity index (χ1) is 14.0. The molecule has 1 aliphatic heterocycles. The molecule has 1 unspecified atom stereocenters. The van der Waals surface area contributed by atoms with Crippen molar-refractivity contribution in [2.45, 2.75) is 32.9 Å². The number of halogens is 1. The predicted octanol–water partition coefficient (Wildman–Crippen LogP) is 3.09. The highest BCUT2D eigenvalue weighted by molar-refractivity contribution is 6.15. The third-order valence-electron chi connectivity index (χ3n) is 4.79. The van der Waals surface area contributed by atoms with Crippen molar-refractivity contribution in [2.24, 2.45) is 4.99 Å². The molecule has 29 heavy (non-hydrogen) atoms. The highest BCUT2D eigenvalue weighted by Crippen LogP contribution is 2.23. The van der Waals surface area contributed by atoms with Crippen LogP contribution >= 0.6 is 0 Å². The first kappa shape index (κ1) is 18.9. The lowest BCUT2D eigenvalue weighted by Gasteiger charge is -2.13. The summed E-state index contributed by atoms with van der Waals surface area (Å²) < 4.78 is 13.0. The molecule has 146 valence electrons. The molecule has 4 rings (SSSR count). The molecule has 1 N–H and O–H groups in total. The van der Waals surface area contributed by atoms with Crippen molar-refractivity contribution in [3.05, 3.63) is 88.5 Å². The number of rotatable bonds is 5. The first-order valence-corrected chi connectivity index (χ1v) is 9.36. The summed E-state index contributed by atoms with van der Waals surface area (Å²) in [4.78, 5) is 29.7. The van der Waals surface area contributed by atoms with Crippen LogP contribution in [0.2, 0.25) is 0 Å². The normalized spacial score (nSPS) is 13.6. The molecular weight excluding hydrogens is 369 g/mol. The van der Waals surface area contributed by atoms with Gasteiger partial charge in [0.15, 0.2) is 0 Å². The number of fused-ring (bicyclic) bond motifs is 1. The van der Waals surface area contributed by atoms with Gasteiger partial charge in [0.25, 0.3) is 0 Å². The van der Waals surface area contributed by atoms with E-state index < -0.39 is 5.82 Å². The molecule has 7 heteroatoms. The summed E-state index contributed by atoms with van der Waals surface area (Å²) in [6, 6.07) is 8.44. The van der Waals surface area contributed by atoms with Crippen molar-refractivity contribution in [2.75, 3.05) is 0 Å². The van der Waals surface area contributed by atoms with Crippen molar-refractivity contribution < 1.29 is 9.18 Å². The Balaban J connectivity index is 1.43. The number of aromatic nitrogens is 3. The monoisotopic (exact) mass is 389 g/mol. The second-order valence-electron chi connectivity index (χ2n) is 7.05. The minimum absolute atomic E-state index is 0.155. The van der Waals surface area contributed by atoms with Crippen molar-refractivity contribution in [3.8, 4) is 0 Å². The topological polar surface area (TPSA) is 80.1 Å². The highest BCUT2D eigenvalue weighted by atomic mass is 19.1. The zero-order valence-electron chi connectivity index (χ0n) is 16.2. The zero-order valence-corrected chi connectivity index (χ0v) is 16.2. The van der Waals surface area contributed by atoms with Crippen LogP contribution in [-0.4, -0.2) is 26.6 Å². The summed E-state index contributed by atoms with van der Waals surface area (Å²) in [7, 11) is 0. The average molecular weight is 389 g/mol. The summed E-state index contributed by atoms with van der Waals surface area (Å²) in [5.74, 6) is -0.571. The second kappa shape index (κ2) is 7.87. The van der Waals surface area contributed by atoms with E-state index >= 15 is 0 Å². The van der Waals surface area contributed by atoms with Gasteiger partial charge in [0, 0.05) is 29.2 Å². The molecule has 0 bridgehead atoms. The van der Waals surface area contributed by atoms with Crippen LogP contribution in [0.1, 0.15) is 46.7 Å². The third kappa shape index (κ3) is 4.18. The molecule has 6 nitrogen and oxygen atoms in total. The van der Waals surface area contributed by atoms with Crippen LogP contribution in [0.25, 0.3) is 0 Å². The van der Waals surface area contributed by atoms with Gasteiger partial charge in [-0.25, -0.2) is 4.39 Å². The summed E-state index contributed by atoms with van der Waals surface area (Å²) in [6.07, 6.45) is 4.85. The van der Waals surface area contributed by atoms with E-state index in [4.69, 9.17) is 0 Å². The average Bonchev–Trinajstić information content (AvgIpc) is 3.11. The molecule has 3 aromatic heterocycles. The van der Waals surface area contributed by atoms with E-state index in [9.17, 15) is 9.18 Å². The molecule has 0 aliphatic carbocycles. The Morgan fingerprint density at radius 1 is 1.17 bits per heavy atom. The highest BCUT2D eigenvalue weighted by Gasteiger charge is 2.20. The Morgan fingerprint density at radius 3 is 2.79 bits per heavy atom. The van der Waals surface area contributed by atoms with E-state index in [1.165, 1.54) is 6.07 Å². The van der Waals surface area contributed by atoms with Crippen molar-refractivity contribution in [1.82, 2.24) is 20.3 Å².